The van der Waals surface area contributed by atoms with Gasteiger partial charge in [-0.15, -0.1) is 11.3 Å². The molecule has 0 saturated heterocycles. The maximum atomic E-state index is 11.2. The first-order chi connectivity index (χ1) is 17.0. The molecule has 0 radical (unpaired) electrons. The highest BCUT2D eigenvalue weighted by atomic mass is 32.1. The number of aromatic carboxylic acids is 1. The first-order valence-electron chi connectivity index (χ1n) is 12.8. The van der Waals surface area contributed by atoms with Gasteiger partial charge in [0.15, 0.2) is 0 Å². The summed E-state index contributed by atoms with van der Waals surface area (Å²) in [5, 5.41) is 11.4. The Morgan fingerprint density at radius 1 is 1.17 bits per heavy atom. The summed E-state index contributed by atoms with van der Waals surface area (Å²) in [6.45, 7) is 9.16. The fourth-order valence-corrected chi connectivity index (χ4v) is 4.95. The van der Waals surface area contributed by atoms with E-state index in [9.17, 15) is 9.90 Å². The van der Waals surface area contributed by atoms with Crippen molar-refractivity contribution in [3.63, 3.8) is 0 Å². The molecule has 1 aliphatic carbocycles. The maximum absolute atomic E-state index is 11.2. The summed E-state index contributed by atoms with van der Waals surface area (Å²) < 4.78 is 2.30. The molecule has 2 aromatic heterocycles. The van der Waals surface area contributed by atoms with E-state index in [1.165, 1.54) is 35.3 Å². The van der Waals surface area contributed by atoms with E-state index in [1.54, 1.807) is 17.7 Å². The molecule has 0 unspecified atom stereocenters. The summed E-state index contributed by atoms with van der Waals surface area (Å²) in [4.78, 5) is 17.4. The third-order valence-corrected chi connectivity index (χ3v) is 7.38. The van der Waals surface area contributed by atoms with Gasteiger partial charge in [0.05, 0.1) is 17.5 Å². The number of hydrogen-bond acceptors (Lipinski definition) is 3. The first kappa shape index (κ1) is 26.7. The van der Waals surface area contributed by atoms with Crippen molar-refractivity contribution in [1.29, 1.82) is 0 Å². The number of unbranched alkanes of at least 4 members (excludes halogenated alkanes) is 1. The van der Waals surface area contributed by atoms with Gasteiger partial charge in [-0.05, 0) is 79.0 Å². The van der Waals surface area contributed by atoms with Crippen LogP contribution in [0.4, 0.5) is 0 Å². The molecule has 5 heteroatoms. The standard InChI is InChI=1S/C28H32N2O2S.C2H6/c1-3-4-10-27-29-18-25(30(27)19-21-11-13-23(14-12-21)28(31)32)16-24(17-26-9-6-15-33-26)20(2)22-7-5-8-22;1-2/h6,9,11-16,18H,3-5,7-8,10,17,19H2,1-2H3,(H,31,32);1-2H3/b24-16+;. The van der Waals surface area contributed by atoms with Crippen molar-refractivity contribution in [3.8, 4) is 0 Å². The van der Waals surface area contributed by atoms with Crippen molar-refractivity contribution in [2.45, 2.75) is 79.2 Å². The maximum Gasteiger partial charge on any atom is 0.335 e. The van der Waals surface area contributed by atoms with E-state index < -0.39 is 5.97 Å². The number of carbonyl (C=O) groups is 1. The molecular weight excluding hydrogens is 452 g/mol. The Kier molecular flexibility index (Phi) is 10.1. The van der Waals surface area contributed by atoms with Gasteiger partial charge in [-0.1, -0.05) is 51.0 Å². The summed E-state index contributed by atoms with van der Waals surface area (Å²) in [6, 6.07) is 11.5. The van der Waals surface area contributed by atoms with Crippen molar-refractivity contribution in [1.82, 2.24) is 9.55 Å². The number of carboxylic acids is 1. The van der Waals surface area contributed by atoms with Crippen LogP contribution in [0.25, 0.3) is 6.08 Å². The van der Waals surface area contributed by atoms with Crippen LogP contribution >= 0.6 is 11.3 Å². The Labute approximate surface area is 214 Å². The second-order valence-electron chi connectivity index (χ2n) is 8.80. The zero-order valence-corrected chi connectivity index (χ0v) is 22.3. The minimum absolute atomic E-state index is 0.316. The minimum atomic E-state index is -0.894. The Bertz CT molecular complexity index is 1150. The number of aromatic nitrogens is 2. The summed E-state index contributed by atoms with van der Waals surface area (Å²) in [6.07, 6.45) is 12.2. The Balaban J connectivity index is 0.00000167. The molecular formula is C30H38N2O2S. The molecule has 1 aliphatic rings. The van der Waals surface area contributed by atoms with Crippen LogP contribution < -0.4 is 0 Å². The van der Waals surface area contributed by atoms with Crippen LogP contribution in [0, 0.1) is 0 Å². The first-order valence-corrected chi connectivity index (χ1v) is 13.7. The number of aryl methyl sites for hydroxylation is 1. The molecule has 1 N–H and O–H groups in total. The summed E-state index contributed by atoms with van der Waals surface area (Å²) in [5.74, 6) is 0.198. The number of carboxylic acid groups (broad SMARTS) is 1. The van der Waals surface area contributed by atoms with E-state index in [1.807, 2.05) is 43.5 Å². The molecule has 186 valence electrons. The van der Waals surface area contributed by atoms with E-state index in [2.05, 4.69) is 42.0 Å². The molecule has 4 nitrogen and oxygen atoms in total. The molecule has 0 atom stereocenters. The van der Waals surface area contributed by atoms with Crippen LogP contribution in [-0.2, 0) is 19.4 Å². The van der Waals surface area contributed by atoms with Crippen molar-refractivity contribution in [2.24, 2.45) is 0 Å². The predicted molar refractivity (Wildman–Crippen MR) is 147 cm³/mol. The Hall–Kier alpha value is -2.92. The normalized spacial score (nSPS) is 13.1. The lowest BCUT2D eigenvalue weighted by molar-refractivity contribution is 0.0697. The SMILES string of the molecule is CC.CCCCc1ncc(/C=C(\Cc2cccs2)C(C)=C2CCC2)n1Cc1ccc(C(=O)O)cc1. The van der Waals surface area contributed by atoms with Gasteiger partial charge >= 0.3 is 5.97 Å². The lowest BCUT2D eigenvalue weighted by atomic mass is 9.84. The lowest BCUT2D eigenvalue weighted by Crippen LogP contribution is -2.09. The van der Waals surface area contributed by atoms with E-state index in [0.717, 1.165) is 42.8 Å². The highest BCUT2D eigenvalue weighted by Gasteiger charge is 2.17. The molecule has 0 aliphatic heterocycles. The molecule has 35 heavy (non-hydrogen) atoms. The van der Waals surface area contributed by atoms with Crippen molar-refractivity contribution < 1.29 is 9.90 Å². The van der Waals surface area contributed by atoms with Gasteiger partial charge in [-0.25, -0.2) is 9.78 Å². The van der Waals surface area contributed by atoms with Crippen LogP contribution in [0.15, 0.2) is 64.7 Å². The molecule has 0 amide bonds. The number of benzene rings is 1. The van der Waals surface area contributed by atoms with Gasteiger partial charge in [0.25, 0.3) is 0 Å². The van der Waals surface area contributed by atoms with Gasteiger partial charge in [0.2, 0.25) is 0 Å². The average Bonchev–Trinajstić information content (AvgIpc) is 3.48. The quantitative estimate of drug-likeness (QED) is 0.312. The largest absolute Gasteiger partial charge is 0.478 e. The average molecular weight is 491 g/mol. The summed E-state index contributed by atoms with van der Waals surface area (Å²) in [5.41, 5.74) is 6.91. The van der Waals surface area contributed by atoms with Gasteiger partial charge < -0.3 is 9.67 Å². The molecule has 2 heterocycles. The highest BCUT2D eigenvalue weighted by Crippen LogP contribution is 2.34. The smallest absolute Gasteiger partial charge is 0.335 e. The second-order valence-corrected chi connectivity index (χ2v) is 9.83. The number of rotatable bonds is 10. The van der Waals surface area contributed by atoms with Gasteiger partial charge in [0.1, 0.15) is 5.82 Å². The molecule has 0 spiro atoms. The molecule has 0 bridgehead atoms. The molecule has 4 rings (SSSR count). The van der Waals surface area contributed by atoms with E-state index >= 15 is 0 Å². The number of hydrogen-bond donors (Lipinski definition) is 1. The van der Waals surface area contributed by atoms with E-state index in [-0.39, 0.29) is 0 Å². The van der Waals surface area contributed by atoms with E-state index in [4.69, 9.17) is 4.98 Å². The van der Waals surface area contributed by atoms with Crippen LogP contribution in [0.3, 0.4) is 0 Å². The van der Waals surface area contributed by atoms with Crippen LogP contribution in [0.2, 0.25) is 0 Å². The lowest BCUT2D eigenvalue weighted by Gasteiger charge is -2.22. The Morgan fingerprint density at radius 2 is 1.91 bits per heavy atom. The minimum Gasteiger partial charge on any atom is -0.478 e. The van der Waals surface area contributed by atoms with Crippen LogP contribution in [0.5, 0.6) is 0 Å². The zero-order chi connectivity index (χ0) is 25.2. The van der Waals surface area contributed by atoms with Crippen LogP contribution in [-0.4, -0.2) is 20.6 Å². The molecule has 1 saturated carbocycles. The number of nitrogens with zero attached hydrogens (tertiary/aromatic N) is 2. The number of imidazole rings is 1. The fourth-order valence-electron chi connectivity index (χ4n) is 4.22. The fraction of sp³-hybridized carbons (Fsp3) is 0.400. The van der Waals surface area contributed by atoms with Gasteiger partial charge in [0, 0.05) is 24.3 Å². The number of thiophene rings is 1. The van der Waals surface area contributed by atoms with Crippen molar-refractivity contribution in [3.05, 3.63) is 92.2 Å². The highest BCUT2D eigenvalue weighted by molar-refractivity contribution is 7.09. The third-order valence-electron chi connectivity index (χ3n) is 6.50. The third kappa shape index (κ3) is 7.04. The molecule has 1 fully saturated rings. The topological polar surface area (TPSA) is 55.1 Å². The predicted octanol–water partition coefficient (Wildman–Crippen LogP) is 8.19. The number of allylic oxidation sites excluding steroid dienone is 3. The van der Waals surface area contributed by atoms with Crippen molar-refractivity contribution in [2.75, 3.05) is 0 Å². The zero-order valence-electron chi connectivity index (χ0n) is 21.5. The van der Waals surface area contributed by atoms with Crippen molar-refractivity contribution >= 4 is 23.4 Å². The summed E-state index contributed by atoms with van der Waals surface area (Å²) >= 11 is 1.81. The van der Waals surface area contributed by atoms with Gasteiger partial charge in [-0.2, -0.15) is 0 Å². The van der Waals surface area contributed by atoms with Gasteiger partial charge in [-0.3, -0.25) is 0 Å². The Morgan fingerprint density at radius 3 is 2.49 bits per heavy atom. The second kappa shape index (κ2) is 13.2. The van der Waals surface area contributed by atoms with Crippen LogP contribution in [0.1, 0.15) is 92.1 Å². The molecule has 3 aromatic rings. The van der Waals surface area contributed by atoms with E-state index in [0.29, 0.717) is 12.1 Å². The summed E-state index contributed by atoms with van der Waals surface area (Å²) in [7, 11) is 0. The molecule has 1 aromatic carbocycles. The monoisotopic (exact) mass is 490 g/mol.